The van der Waals surface area contributed by atoms with Gasteiger partial charge in [0.1, 0.15) is 0 Å². The lowest BCUT2D eigenvalue weighted by Gasteiger charge is -2.23. The van der Waals surface area contributed by atoms with Crippen LogP contribution in [0.3, 0.4) is 0 Å². The Labute approximate surface area is 98.7 Å². The first-order chi connectivity index (χ1) is 7.62. The monoisotopic (exact) mass is 240 g/mol. The maximum Gasteiger partial charge on any atom is 0.311 e. The van der Waals surface area contributed by atoms with Crippen LogP contribution in [0.25, 0.3) is 0 Å². The van der Waals surface area contributed by atoms with E-state index in [9.17, 15) is 9.90 Å². The molecule has 0 amide bonds. The van der Waals surface area contributed by atoms with Crippen molar-refractivity contribution in [3.8, 4) is 0 Å². The average molecular weight is 240 g/mol. The molecule has 0 saturated heterocycles. The second-order valence-electron chi connectivity index (χ2n) is 4.44. The summed E-state index contributed by atoms with van der Waals surface area (Å²) in [6, 6.07) is 0. The lowest BCUT2D eigenvalue weighted by molar-refractivity contribution is -0.147. The number of thiazole rings is 1. The Balaban J connectivity index is 1.99. The summed E-state index contributed by atoms with van der Waals surface area (Å²) in [5.41, 5.74) is 0.405. The number of carboxylic acid groups (broad SMARTS) is 1. The molecular weight excluding hydrogens is 224 g/mol. The highest BCUT2D eigenvalue weighted by molar-refractivity contribution is 7.13. The van der Waals surface area contributed by atoms with Gasteiger partial charge in [-0.1, -0.05) is 12.8 Å². The predicted molar refractivity (Wildman–Crippen MR) is 63.9 cm³/mol. The Morgan fingerprint density at radius 1 is 1.62 bits per heavy atom. The van der Waals surface area contributed by atoms with Crippen molar-refractivity contribution < 1.29 is 9.90 Å². The third kappa shape index (κ3) is 2.19. The van der Waals surface area contributed by atoms with E-state index < -0.39 is 11.4 Å². The number of aromatic nitrogens is 1. The van der Waals surface area contributed by atoms with E-state index in [1.54, 1.807) is 0 Å². The van der Waals surface area contributed by atoms with Crippen LogP contribution in [0, 0.1) is 12.3 Å². The molecule has 0 radical (unpaired) electrons. The molecule has 1 saturated carbocycles. The van der Waals surface area contributed by atoms with Crippen molar-refractivity contribution in [1.82, 2.24) is 4.98 Å². The third-order valence-corrected chi connectivity index (χ3v) is 4.13. The third-order valence-electron chi connectivity index (χ3n) is 3.21. The summed E-state index contributed by atoms with van der Waals surface area (Å²) >= 11 is 1.53. The van der Waals surface area contributed by atoms with Gasteiger partial charge in [0.05, 0.1) is 11.1 Å². The molecule has 88 valence electrons. The fourth-order valence-corrected chi connectivity index (χ4v) is 2.89. The molecule has 0 bridgehead atoms. The Hall–Kier alpha value is -1.10. The van der Waals surface area contributed by atoms with Crippen LogP contribution < -0.4 is 5.32 Å². The fourth-order valence-electron chi connectivity index (χ4n) is 2.20. The van der Waals surface area contributed by atoms with Gasteiger partial charge in [-0.3, -0.25) is 4.79 Å². The van der Waals surface area contributed by atoms with Gasteiger partial charge in [0.25, 0.3) is 0 Å². The zero-order valence-corrected chi connectivity index (χ0v) is 10.1. The first kappa shape index (κ1) is 11.4. The van der Waals surface area contributed by atoms with E-state index in [4.69, 9.17) is 0 Å². The SMILES string of the molecule is Cc1csc(NCC2(C(=O)O)CCCC2)n1. The first-order valence-electron chi connectivity index (χ1n) is 5.52. The summed E-state index contributed by atoms with van der Waals surface area (Å²) in [6.45, 7) is 2.43. The summed E-state index contributed by atoms with van der Waals surface area (Å²) in [4.78, 5) is 15.6. The van der Waals surface area contributed by atoms with Crippen LogP contribution in [0.4, 0.5) is 5.13 Å². The van der Waals surface area contributed by atoms with E-state index in [1.807, 2.05) is 12.3 Å². The Morgan fingerprint density at radius 3 is 2.81 bits per heavy atom. The lowest BCUT2D eigenvalue weighted by atomic mass is 9.86. The first-order valence-corrected chi connectivity index (χ1v) is 6.40. The largest absolute Gasteiger partial charge is 0.481 e. The number of anilines is 1. The van der Waals surface area contributed by atoms with Crippen LogP contribution in [0.1, 0.15) is 31.4 Å². The normalized spacial score (nSPS) is 18.6. The topological polar surface area (TPSA) is 62.2 Å². The Kier molecular flexibility index (Phi) is 3.14. The molecule has 1 aromatic heterocycles. The van der Waals surface area contributed by atoms with Gasteiger partial charge >= 0.3 is 5.97 Å². The van der Waals surface area contributed by atoms with Crippen molar-refractivity contribution in [1.29, 1.82) is 0 Å². The van der Waals surface area contributed by atoms with Gasteiger partial charge in [0.2, 0.25) is 0 Å². The zero-order chi connectivity index (χ0) is 11.6. The molecule has 1 aromatic rings. The van der Waals surface area contributed by atoms with Crippen LogP contribution in [0.2, 0.25) is 0 Å². The molecule has 2 N–H and O–H groups in total. The van der Waals surface area contributed by atoms with Gasteiger partial charge in [-0.05, 0) is 19.8 Å². The maximum absolute atomic E-state index is 11.3. The number of nitrogens with one attached hydrogen (secondary N) is 1. The number of aliphatic carboxylic acids is 1. The summed E-state index contributed by atoms with van der Waals surface area (Å²) in [7, 11) is 0. The van der Waals surface area contributed by atoms with Crippen LogP contribution in [-0.2, 0) is 4.79 Å². The number of aryl methyl sites for hydroxylation is 1. The highest BCUT2D eigenvalue weighted by atomic mass is 32.1. The second kappa shape index (κ2) is 4.41. The molecule has 1 aliphatic rings. The van der Waals surface area contributed by atoms with Crippen molar-refractivity contribution in [3.05, 3.63) is 11.1 Å². The quantitative estimate of drug-likeness (QED) is 0.849. The molecule has 0 atom stereocenters. The van der Waals surface area contributed by atoms with Crippen molar-refractivity contribution in [2.24, 2.45) is 5.41 Å². The van der Waals surface area contributed by atoms with E-state index in [0.29, 0.717) is 6.54 Å². The molecule has 1 heterocycles. The highest BCUT2D eigenvalue weighted by Gasteiger charge is 2.41. The van der Waals surface area contributed by atoms with Crippen LogP contribution in [0.5, 0.6) is 0 Å². The minimum Gasteiger partial charge on any atom is -0.481 e. The molecule has 16 heavy (non-hydrogen) atoms. The van der Waals surface area contributed by atoms with Crippen LogP contribution >= 0.6 is 11.3 Å². The number of rotatable bonds is 4. The molecule has 0 unspecified atom stereocenters. The van der Waals surface area contributed by atoms with Crippen molar-refractivity contribution in [3.63, 3.8) is 0 Å². The van der Waals surface area contributed by atoms with E-state index in [1.165, 1.54) is 11.3 Å². The number of hydrogen-bond acceptors (Lipinski definition) is 4. The van der Waals surface area contributed by atoms with Crippen LogP contribution in [0.15, 0.2) is 5.38 Å². The van der Waals surface area contributed by atoms with Gasteiger partial charge < -0.3 is 10.4 Å². The molecule has 4 nitrogen and oxygen atoms in total. The molecule has 0 aliphatic heterocycles. The molecule has 1 fully saturated rings. The van der Waals surface area contributed by atoms with E-state index >= 15 is 0 Å². The standard InChI is InChI=1S/C11H16N2O2S/c1-8-6-16-10(13-8)12-7-11(9(14)15)4-2-3-5-11/h6H,2-5,7H2,1H3,(H,12,13)(H,14,15). The zero-order valence-electron chi connectivity index (χ0n) is 9.32. The van der Waals surface area contributed by atoms with Gasteiger partial charge in [-0.2, -0.15) is 0 Å². The van der Waals surface area contributed by atoms with E-state index in [2.05, 4.69) is 10.3 Å². The van der Waals surface area contributed by atoms with Gasteiger partial charge in [-0.15, -0.1) is 11.3 Å². The van der Waals surface area contributed by atoms with Gasteiger partial charge in [-0.25, -0.2) is 4.98 Å². The predicted octanol–water partition coefficient (Wildman–Crippen LogP) is 2.51. The van der Waals surface area contributed by atoms with Crippen molar-refractivity contribution >= 4 is 22.4 Å². The lowest BCUT2D eigenvalue weighted by Crippen LogP contribution is -2.35. The number of nitrogens with zero attached hydrogens (tertiary/aromatic N) is 1. The summed E-state index contributed by atoms with van der Waals surface area (Å²) in [6.07, 6.45) is 3.59. The number of carbonyl (C=O) groups is 1. The Bertz CT molecular complexity index is 383. The highest BCUT2D eigenvalue weighted by Crippen LogP contribution is 2.38. The molecule has 0 spiro atoms. The van der Waals surface area contributed by atoms with Gasteiger partial charge in [0.15, 0.2) is 5.13 Å². The molecule has 2 rings (SSSR count). The minimum absolute atomic E-state index is 0.495. The Morgan fingerprint density at radius 2 is 2.31 bits per heavy atom. The molecule has 1 aliphatic carbocycles. The second-order valence-corrected chi connectivity index (χ2v) is 5.30. The van der Waals surface area contributed by atoms with Crippen molar-refractivity contribution in [2.45, 2.75) is 32.6 Å². The van der Waals surface area contributed by atoms with E-state index in [0.717, 1.165) is 36.5 Å². The van der Waals surface area contributed by atoms with E-state index in [-0.39, 0.29) is 0 Å². The number of carboxylic acids is 1. The summed E-state index contributed by atoms with van der Waals surface area (Å²) in [5, 5.41) is 15.2. The summed E-state index contributed by atoms with van der Waals surface area (Å²) < 4.78 is 0. The maximum atomic E-state index is 11.3. The summed E-state index contributed by atoms with van der Waals surface area (Å²) in [5.74, 6) is -0.675. The fraction of sp³-hybridized carbons (Fsp3) is 0.636. The number of hydrogen-bond donors (Lipinski definition) is 2. The smallest absolute Gasteiger partial charge is 0.311 e. The minimum atomic E-state index is -0.675. The molecule has 0 aromatic carbocycles. The molecule has 5 heteroatoms. The molecular formula is C11H16N2O2S. The van der Waals surface area contributed by atoms with Crippen molar-refractivity contribution in [2.75, 3.05) is 11.9 Å². The average Bonchev–Trinajstić information content (AvgIpc) is 2.84. The van der Waals surface area contributed by atoms with Crippen LogP contribution in [-0.4, -0.2) is 22.6 Å². The van der Waals surface area contributed by atoms with Gasteiger partial charge in [0, 0.05) is 11.9 Å².